The molecule has 2 aliphatic rings. The van der Waals surface area contributed by atoms with Crippen molar-refractivity contribution in [2.45, 2.75) is 83.1 Å². The Morgan fingerprint density at radius 2 is 1.71 bits per heavy atom. The molecule has 0 saturated heterocycles. The van der Waals surface area contributed by atoms with E-state index in [1.807, 2.05) is 18.5 Å². The number of aromatic nitrogens is 3. The Balaban J connectivity index is 0.00000280. The van der Waals surface area contributed by atoms with E-state index in [1.54, 1.807) is 0 Å². The smallest absolute Gasteiger partial charge is 0.354 e. The normalized spacial score (nSPS) is 24.1. The SMILES string of the molecule is Cc1nnc(CN=C(NC2CCCC2)NC2CCCC(C(F)(F)F)C2)n1C.I. The quantitative estimate of drug-likeness (QED) is 0.364. The fourth-order valence-corrected chi connectivity index (χ4v) is 3.95. The number of hydrogen-bond acceptors (Lipinski definition) is 3. The Bertz CT molecular complexity index is 654. The maximum atomic E-state index is 13.1. The van der Waals surface area contributed by atoms with Gasteiger partial charge in [-0.1, -0.05) is 19.3 Å². The second kappa shape index (κ2) is 10.1. The molecule has 2 fully saturated rings. The van der Waals surface area contributed by atoms with Crippen molar-refractivity contribution in [3.63, 3.8) is 0 Å². The van der Waals surface area contributed by atoms with Crippen molar-refractivity contribution in [1.29, 1.82) is 0 Å². The van der Waals surface area contributed by atoms with Crippen molar-refractivity contribution in [1.82, 2.24) is 25.4 Å². The minimum Gasteiger partial charge on any atom is -0.354 e. The van der Waals surface area contributed by atoms with Gasteiger partial charge < -0.3 is 15.2 Å². The maximum absolute atomic E-state index is 13.1. The Hall–Kier alpha value is -1.07. The van der Waals surface area contributed by atoms with Crippen molar-refractivity contribution in [3.05, 3.63) is 11.6 Å². The summed E-state index contributed by atoms with van der Waals surface area (Å²) in [7, 11) is 1.88. The van der Waals surface area contributed by atoms with Gasteiger partial charge in [-0.2, -0.15) is 13.2 Å². The Kier molecular flexibility index (Phi) is 8.38. The monoisotopic (exact) mass is 514 g/mol. The standard InChI is InChI=1S/C18H29F3N6.HI/c1-12-25-26-16(27(12)2)11-22-17(23-14-7-3-4-8-14)24-15-9-5-6-13(10-15)18(19,20)21;/h13-15H,3-11H2,1-2H3,(H2,22,23,24);1H. The number of alkyl halides is 3. The first kappa shape index (κ1) is 23.2. The largest absolute Gasteiger partial charge is 0.391 e. The zero-order valence-corrected chi connectivity index (χ0v) is 18.8. The van der Waals surface area contributed by atoms with Gasteiger partial charge in [0.15, 0.2) is 11.8 Å². The molecule has 3 rings (SSSR count). The highest BCUT2D eigenvalue weighted by molar-refractivity contribution is 14.0. The van der Waals surface area contributed by atoms with E-state index < -0.39 is 12.1 Å². The van der Waals surface area contributed by atoms with Gasteiger partial charge in [-0.15, -0.1) is 34.2 Å². The number of hydrogen-bond donors (Lipinski definition) is 2. The third-order valence-corrected chi connectivity index (χ3v) is 5.74. The molecule has 2 aliphatic carbocycles. The number of aryl methyl sites for hydroxylation is 1. The average molecular weight is 514 g/mol. The molecule has 1 aromatic heterocycles. The van der Waals surface area contributed by atoms with E-state index >= 15 is 0 Å². The lowest BCUT2D eigenvalue weighted by Gasteiger charge is -2.32. The third-order valence-electron chi connectivity index (χ3n) is 5.74. The molecular formula is C18H30F3IN6. The second-order valence-electron chi connectivity index (χ2n) is 7.76. The highest BCUT2D eigenvalue weighted by atomic mass is 127. The van der Waals surface area contributed by atoms with Gasteiger partial charge in [-0.25, -0.2) is 4.99 Å². The molecule has 0 spiro atoms. The van der Waals surface area contributed by atoms with Gasteiger partial charge in [-0.3, -0.25) is 0 Å². The lowest BCUT2D eigenvalue weighted by molar-refractivity contribution is -0.183. The van der Waals surface area contributed by atoms with E-state index in [-0.39, 0.29) is 42.9 Å². The van der Waals surface area contributed by atoms with Crippen molar-refractivity contribution in [2.75, 3.05) is 0 Å². The number of nitrogens with zero attached hydrogens (tertiary/aromatic N) is 4. The lowest BCUT2D eigenvalue weighted by atomic mass is 9.85. The Morgan fingerprint density at radius 1 is 1.07 bits per heavy atom. The van der Waals surface area contributed by atoms with Crippen molar-refractivity contribution < 1.29 is 13.2 Å². The maximum Gasteiger partial charge on any atom is 0.391 e. The molecule has 0 bridgehead atoms. The number of aliphatic imine (C=N–C) groups is 1. The molecule has 0 aromatic carbocycles. The molecule has 0 aliphatic heterocycles. The molecule has 1 heterocycles. The minimum absolute atomic E-state index is 0. The first-order valence-electron chi connectivity index (χ1n) is 9.82. The molecule has 2 saturated carbocycles. The van der Waals surface area contributed by atoms with Crippen LogP contribution in [-0.4, -0.2) is 39.0 Å². The van der Waals surface area contributed by atoms with Crippen LogP contribution in [0.15, 0.2) is 4.99 Å². The zero-order valence-electron chi connectivity index (χ0n) is 16.4. The summed E-state index contributed by atoms with van der Waals surface area (Å²) < 4.78 is 41.2. The fourth-order valence-electron chi connectivity index (χ4n) is 3.95. The summed E-state index contributed by atoms with van der Waals surface area (Å²) in [6.07, 6.45) is 2.02. The molecule has 6 nitrogen and oxygen atoms in total. The van der Waals surface area contributed by atoms with Crippen LogP contribution in [0.1, 0.15) is 63.0 Å². The van der Waals surface area contributed by atoms with Crippen molar-refractivity contribution >= 4 is 29.9 Å². The molecule has 1 aromatic rings. The van der Waals surface area contributed by atoms with Crippen molar-refractivity contribution in [2.24, 2.45) is 18.0 Å². The van der Waals surface area contributed by atoms with Crippen LogP contribution in [-0.2, 0) is 13.6 Å². The first-order valence-corrected chi connectivity index (χ1v) is 9.82. The van der Waals surface area contributed by atoms with E-state index in [1.165, 1.54) is 12.8 Å². The lowest BCUT2D eigenvalue weighted by Crippen LogP contribution is -2.49. The van der Waals surface area contributed by atoms with Crippen LogP contribution >= 0.6 is 24.0 Å². The third kappa shape index (κ3) is 6.21. The number of rotatable bonds is 4. The van der Waals surface area contributed by atoms with Crippen LogP contribution in [0.2, 0.25) is 0 Å². The predicted molar refractivity (Wildman–Crippen MR) is 113 cm³/mol. The van der Waals surface area contributed by atoms with E-state index in [2.05, 4.69) is 25.8 Å². The van der Waals surface area contributed by atoms with Crippen LogP contribution in [0.25, 0.3) is 0 Å². The molecule has 160 valence electrons. The van der Waals surface area contributed by atoms with Crippen LogP contribution in [0.5, 0.6) is 0 Å². The molecule has 2 N–H and O–H groups in total. The highest BCUT2D eigenvalue weighted by Crippen LogP contribution is 2.37. The number of halogens is 4. The van der Waals surface area contributed by atoms with E-state index in [0.29, 0.717) is 25.0 Å². The molecular weight excluding hydrogens is 484 g/mol. The Labute approximate surface area is 181 Å². The molecule has 28 heavy (non-hydrogen) atoms. The van der Waals surface area contributed by atoms with Gasteiger partial charge in [0.25, 0.3) is 0 Å². The summed E-state index contributed by atoms with van der Waals surface area (Å²) in [5.41, 5.74) is 0. The van der Waals surface area contributed by atoms with Gasteiger partial charge in [0.2, 0.25) is 0 Å². The molecule has 2 atom stereocenters. The van der Waals surface area contributed by atoms with Crippen LogP contribution < -0.4 is 10.6 Å². The van der Waals surface area contributed by atoms with Gasteiger partial charge in [-0.05, 0) is 39.0 Å². The average Bonchev–Trinajstić information content (AvgIpc) is 3.23. The van der Waals surface area contributed by atoms with Crippen LogP contribution in [0.3, 0.4) is 0 Å². The number of guanidine groups is 1. The van der Waals surface area contributed by atoms with Crippen molar-refractivity contribution in [3.8, 4) is 0 Å². The highest BCUT2D eigenvalue weighted by Gasteiger charge is 2.42. The molecule has 0 amide bonds. The van der Waals surface area contributed by atoms with Crippen LogP contribution in [0.4, 0.5) is 13.2 Å². The summed E-state index contributed by atoms with van der Waals surface area (Å²) >= 11 is 0. The predicted octanol–water partition coefficient (Wildman–Crippen LogP) is 3.84. The summed E-state index contributed by atoms with van der Waals surface area (Å²) in [5, 5.41) is 14.8. The fraction of sp³-hybridized carbons (Fsp3) is 0.833. The Morgan fingerprint density at radius 3 is 2.32 bits per heavy atom. The summed E-state index contributed by atoms with van der Waals surface area (Å²) in [6, 6.07) is 0.124. The van der Waals surface area contributed by atoms with E-state index in [4.69, 9.17) is 0 Å². The van der Waals surface area contributed by atoms with Gasteiger partial charge in [0.1, 0.15) is 12.4 Å². The van der Waals surface area contributed by atoms with Gasteiger partial charge >= 0.3 is 6.18 Å². The number of nitrogens with one attached hydrogen (secondary N) is 2. The van der Waals surface area contributed by atoms with Gasteiger partial charge in [0.05, 0.1) is 5.92 Å². The van der Waals surface area contributed by atoms with E-state index in [0.717, 1.165) is 30.9 Å². The minimum atomic E-state index is -4.12. The molecule has 10 heteroatoms. The summed E-state index contributed by atoms with van der Waals surface area (Å²) in [5.74, 6) is 0.906. The van der Waals surface area contributed by atoms with Gasteiger partial charge in [0, 0.05) is 19.1 Å². The van der Waals surface area contributed by atoms with E-state index in [9.17, 15) is 13.2 Å². The summed E-state index contributed by atoms with van der Waals surface area (Å²) in [4.78, 5) is 4.60. The summed E-state index contributed by atoms with van der Waals surface area (Å²) in [6.45, 7) is 2.21. The molecule has 0 radical (unpaired) electrons. The zero-order chi connectivity index (χ0) is 19.4. The van der Waals surface area contributed by atoms with Crippen LogP contribution in [0, 0.1) is 12.8 Å². The second-order valence-corrected chi connectivity index (χ2v) is 7.76. The topological polar surface area (TPSA) is 67.1 Å². The first-order chi connectivity index (χ1) is 12.8. The molecule has 2 unspecified atom stereocenters.